The zero-order valence-corrected chi connectivity index (χ0v) is 16.8. The zero-order valence-electron chi connectivity index (χ0n) is 16.0. The van der Waals surface area contributed by atoms with Gasteiger partial charge in [-0.1, -0.05) is 54.1 Å². The van der Waals surface area contributed by atoms with Crippen molar-refractivity contribution >= 4 is 23.4 Å². The number of hydrogen-bond acceptors (Lipinski definition) is 3. The molecule has 1 aliphatic rings. The normalized spacial score (nSPS) is 16.4. The number of piperidine rings is 1. The van der Waals surface area contributed by atoms with Crippen LogP contribution >= 0.6 is 11.6 Å². The lowest BCUT2D eigenvalue weighted by Gasteiger charge is -2.30. The largest absolute Gasteiger partial charge is 0.353 e. The number of halogens is 1. The Morgan fingerprint density at radius 1 is 1.07 bits per heavy atom. The highest BCUT2D eigenvalue weighted by molar-refractivity contribution is 6.33. The average Bonchev–Trinajstić information content (AvgIpc) is 2.70. The molecule has 0 radical (unpaired) electrons. The van der Waals surface area contributed by atoms with E-state index in [1.807, 2.05) is 30.3 Å². The summed E-state index contributed by atoms with van der Waals surface area (Å²) in [6, 6.07) is 16.2. The summed E-state index contributed by atoms with van der Waals surface area (Å²) in [7, 11) is 2.09. The van der Waals surface area contributed by atoms with Gasteiger partial charge in [0.05, 0.1) is 23.0 Å². The van der Waals surface area contributed by atoms with Gasteiger partial charge in [0.15, 0.2) is 0 Å². The average molecular weight is 400 g/mol. The molecule has 0 spiro atoms. The van der Waals surface area contributed by atoms with E-state index in [9.17, 15) is 9.59 Å². The number of nitrogens with zero attached hydrogens (tertiary/aromatic N) is 1. The van der Waals surface area contributed by atoms with Crippen LogP contribution in [0.4, 0.5) is 0 Å². The Hall–Kier alpha value is -2.37. The van der Waals surface area contributed by atoms with Crippen LogP contribution in [0.15, 0.2) is 54.6 Å². The SMILES string of the molecule is CN1CCC(NC(=O)CC(NC(=O)c2ccccc2Cl)c2ccccc2)CC1. The maximum absolute atomic E-state index is 12.7. The topological polar surface area (TPSA) is 61.4 Å². The molecule has 0 bridgehead atoms. The lowest BCUT2D eigenvalue weighted by Crippen LogP contribution is -2.44. The summed E-state index contributed by atoms with van der Waals surface area (Å²) in [5.41, 5.74) is 1.29. The number of rotatable bonds is 6. The van der Waals surface area contributed by atoms with Crippen LogP contribution in [-0.2, 0) is 4.79 Å². The number of nitrogens with one attached hydrogen (secondary N) is 2. The van der Waals surface area contributed by atoms with E-state index in [4.69, 9.17) is 11.6 Å². The van der Waals surface area contributed by atoms with Gasteiger partial charge in [-0.05, 0) is 50.7 Å². The molecule has 1 unspecified atom stereocenters. The summed E-state index contributed by atoms with van der Waals surface area (Å²) in [5, 5.41) is 6.49. The van der Waals surface area contributed by atoms with Gasteiger partial charge in [0.2, 0.25) is 5.91 Å². The molecule has 0 aliphatic carbocycles. The van der Waals surface area contributed by atoms with Crippen molar-refractivity contribution < 1.29 is 9.59 Å². The van der Waals surface area contributed by atoms with Gasteiger partial charge in [-0.3, -0.25) is 9.59 Å². The minimum atomic E-state index is -0.420. The van der Waals surface area contributed by atoms with Gasteiger partial charge in [0, 0.05) is 6.04 Å². The highest BCUT2D eigenvalue weighted by Crippen LogP contribution is 2.20. The van der Waals surface area contributed by atoms with Gasteiger partial charge in [0.1, 0.15) is 0 Å². The number of amides is 2. The number of benzene rings is 2. The lowest BCUT2D eigenvalue weighted by molar-refractivity contribution is -0.122. The molecule has 0 aromatic heterocycles. The first-order valence-electron chi connectivity index (χ1n) is 9.61. The van der Waals surface area contributed by atoms with Crippen LogP contribution in [0, 0.1) is 0 Å². The quantitative estimate of drug-likeness (QED) is 0.782. The third kappa shape index (κ3) is 5.57. The molecule has 2 N–H and O–H groups in total. The fourth-order valence-corrected chi connectivity index (χ4v) is 3.67. The first-order valence-corrected chi connectivity index (χ1v) is 9.99. The van der Waals surface area contributed by atoms with Crippen LogP contribution in [0.5, 0.6) is 0 Å². The molecule has 0 saturated carbocycles. The molecular formula is C22H26ClN3O2. The first kappa shape index (κ1) is 20.4. The summed E-state index contributed by atoms with van der Waals surface area (Å²) in [6.07, 6.45) is 2.08. The van der Waals surface area contributed by atoms with Crippen molar-refractivity contribution in [2.45, 2.75) is 31.3 Å². The minimum absolute atomic E-state index is 0.0529. The maximum atomic E-state index is 12.7. The molecule has 1 aliphatic heterocycles. The fourth-order valence-electron chi connectivity index (χ4n) is 3.44. The summed E-state index contributed by atoms with van der Waals surface area (Å²) in [5.74, 6) is -0.339. The molecule has 5 nitrogen and oxygen atoms in total. The van der Waals surface area contributed by atoms with Crippen LogP contribution in [0.2, 0.25) is 5.02 Å². The lowest BCUT2D eigenvalue weighted by atomic mass is 10.0. The third-order valence-corrected chi connectivity index (χ3v) is 5.43. The van der Waals surface area contributed by atoms with Crippen LogP contribution in [-0.4, -0.2) is 42.9 Å². The second kappa shape index (κ2) is 9.71. The molecule has 148 valence electrons. The molecule has 2 aromatic carbocycles. The highest BCUT2D eigenvalue weighted by Gasteiger charge is 2.23. The Balaban J connectivity index is 1.68. The molecule has 3 rings (SSSR count). The smallest absolute Gasteiger partial charge is 0.253 e. The third-order valence-electron chi connectivity index (χ3n) is 5.10. The standard InChI is InChI=1S/C22H26ClN3O2/c1-26-13-11-17(12-14-26)24-21(27)15-20(16-7-3-2-4-8-16)25-22(28)18-9-5-6-10-19(18)23/h2-10,17,20H,11-15H2,1H3,(H,24,27)(H,25,28). The van der Waals surface area contributed by atoms with Crippen molar-refractivity contribution in [3.05, 3.63) is 70.7 Å². The van der Waals surface area contributed by atoms with Gasteiger partial charge >= 0.3 is 0 Å². The van der Waals surface area contributed by atoms with Crippen molar-refractivity contribution in [2.24, 2.45) is 0 Å². The van der Waals surface area contributed by atoms with E-state index in [0.29, 0.717) is 10.6 Å². The van der Waals surface area contributed by atoms with E-state index in [1.54, 1.807) is 24.3 Å². The Kier molecular flexibility index (Phi) is 7.06. The molecule has 28 heavy (non-hydrogen) atoms. The van der Waals surface area contributed by atoms with Gasteiger partial charge in [-0.2, -0.15) is 0 Å². The minimum Gasteiger partial charge on any atom is -0.353 e. The van der Waals surface area contributed by atoms with Crippen molar-refractivity contribution in [3.8, 4) is 0 Å². The Morgan fingerprint density at radius 3 is 2.39 bits per heavy atom. The molecule has 2 amide bonds. The van der Waals surface area contributed by atoms with E-state index in [0.717, 1.165) is 31.5 Å². The molecule has 1 atom stereocenters. The Bertz CT molecular complexity index is 804. The van der Waals surface area contributed by atoms with Gasteiger partial charge in [-0.15, -0.1) is 0 Å². The van der Waals surface area contributed by atoms with E-state index < -0.39 is 6.04 Å². The molecule has 1 heterocycles. The summed E-state index contributed by atoms with van der Waals surface area (Å²) in [4.78, 5) is 27.6. The number of carbonyl (C=O) groups is 2. The molecular weight excluding hydrogens is 374 g/mol. The van der Waals surface area contributed by atoms with Crippen LogP contribution in [0.25, 0.3) is 0 Å². The summed E-state index contributed by atoms with van der Waals surface area (Å²) >= 11 is 6.15. The predicted octanol–water partition coefficient (Wildman–Crippen LogP) is 3.41. The predicted molar refractivity (Wildman–Crippen MR) is 111 cm³/mol. The second-order valence-corrected chi connectivity index (χ2v) is 7.67. The summed E-state index contributed by atoms with van der Waals surface area (Å²) < 4.78 is 0. The van der Waals surface area contributed by atoms with E-state index in [-0.39, 0.29) is 24.3 Å². The van der Waals surface area contributed by atoms with Crippen molar-refractivity contribution in [2.75, 3.05) is 20.1 Å². The number of hydrogen-bond donors (Lipinski definition) is 2. The van der Waals surface area contributed by atoms with Crippen LogP contribution in [0.1, 0.15) is 41.2 Å². The zero-order chi connectivity index (χ0) is 19.9. The monoisotopic (exact) mass is 399 g/mol. The van der Waals surface area contributed by atoms with Crippen LogP contribution < -0.4 is 10.6 Å². The van der Waals surface area contributed by atoms with Crippen molar-refractivity contribution in [3.63, 3.8) is 0 Å². The van der Waals surface area contributed by atoms with Gasteiger partial charge in [-0.25, -0.2) is 0 Å². The highest BCUT2D eigenvalue weighted by atomic mass is 35.5. The van der Waals surface area contributed by atoms with E-state index in [1.165, 1.54) is 0 Å². The van der Waals surface area contributed by atoms with Crippen molar-refractivity contribution in [1.82, 2.24) is 15.5 Å². The molecule has 2 aromatic rings. The summed E-state index contributed by atoms with van der Waals surface area (Å²) in [6.45, 7) is 1.96. The fraction of sp³-hybridized carbons (Fsp3) is 0.364. The van der Waals surface area contributed by atoms with Crippen molar-refractivity contribution in [1.29, 1.82) is 0 Å². The number of carbonyl (C=O) groups excluding carboxylic acids is 2. The first-order chi connectivity index (χ1) is 13.5. The molecule has 1 saturated heterocycles. The van der Waals surface area contributed by atoms with E-state index in [2.05, 4.69) is 22.6 Å². The maximum Gasteiger partial charge on any atom is 0.253 e. The Labute approximate surface area is 171 Å². The molecule has 1 fully saturated rings. The van der Waals surface area contributed by atoms with Gasteiger partial charge in [0.25, 0.3) is 5.91 Å². The molecule has 6 heteroatoms. The Morgan fingerprint density at radius 2 is 1.71 bits per heavy atom. The van der Waals surface area contributed by atoms with E-state index >= 15 is 0 Å². The number of likely N-dealkylation sites (tertiary alicyclic amines) is 1. The second-order valence-electron chi connectivity index (χ2n) is 7.27. The van der Waals surface area contributed by atoms with Crippen LogP contribution in [0.3, 0.4) is 0 Å². The van der Waals surface area contributed by atoms with Gasteiger partial charge < -0.3 is 15.5 Å².